The van der Waals surface area contributed by atoms with Crippen LogP contribution in [0.3, 0.4) is 0 Å². The van der Waals surface area contributed by atoms with Gasteiger partial charge in [0.2, 0.25) is 17.7 Å². The van der Waals surface area contributed by atoms with E-state index in [9.17, 15) is 22.8 Å². The van der Waals surface area contributed by atoms with Crippen molar-refractivity contribution < 1.29 is 27.5 Å². The lowest BCUT2D eigenvalue weighted by Gasteiger charge is -2.41. The normalized spacial score (nSPS) is 18.1. The molecule has 2 aliphatic heterocycles. The first-order chi connectivity index (χ1) is 19.2. The number of ether oxygens (including phenoxy) is 1. The van der Waals surface area contributed by atoms with Crippen molar-refractivity contribution in [3.8, 4) is 0 Å². The van der Waals surface area contributed by atoms with Crippen molar-refractivity contribution in [3.05, 3.63) is 70.2 Å². The Morgan fingerprint density at radius 2 is 1.77 bits per heavy atom. The number of amides is 3. The van der Waals surface area contributed by atoms with Crippen molar-refractivity contribution in [2.45, 2.75) is 37.7 Å². The lowest BCUT2D eigenvalue weighted by atomic mass is 9.96. The van der Waals surface area contributed by atoms with Crippen LogP contribution in [0.25, 0.3) is 0 Å². The number of nitrogens with one attached hydrogen (secondary N) is 1. The topological polar surface area (TPSA) is 139 Å². The average molecular weight is 591 g/mol. The van der Waals surface area contributed by atoms with Crippen LogP contribution in [0.15, 0.2) is 48.5 Å². The van der Waals surface area contributed by atoms with E-state index in [4.69, 9.17) is 22.1 Å². The predicted molar refractivity (Wildman–Crippen MR) is 151 cm³/mol. The van der Waals surface area contributed by atoms with Gasteiger partial charge in [-0.05, 0) is 35.2 Å². The molecule has 0 bridgehead atoms. The summed E-state index contributed by atoms with van der Waals surface area (Å²) in [7, 11) is -3.74. The zero-order chi connectivity index (χ0) is 28.7. The molecule has 3 N–H and O–H groups in total. The van der Waals surface area contributed by atoms with Crippen LogP contribution < -0.4 is 11.1 Å². The van der Waals surface area contributed by atoms with Gasteiger partial charge in [-0.15, -0.1) is 0 Å². The fourth-order valence-electron chi connectivity index (χ4n) is 4.98. The number of hydrogen-bond acceptors (Lipinski definition) is 7. The number of sulfone groups is 1. The van der Waals surface area contributed by atoms with Gasteiger partial charge in [-0.2, -0.15) is 0 Å². The summed E-state index contributed by atoms with van der Waals surface area (Å²) >= 11 is 6.10. The highest BCUT2D eigenvalue weighted by atomic mass is 35.5. The standard InChI is InChI=1S/C28H35ClN4O6S/c29-24-7-6-21(16-30)22(14-24)17-31-27(35)25-8-9-33(25)28(36)23(15-26(34)32-10-12-39-13-11-32)19-40(37,38)18-20-4-2-1-3-5-20/h1-7,14,23,25H,8-13,15-19,30H2,(H,31,35)/t23-,25-/m0/s1. The molecular weight excluding hydrogens is 556 g/mol. The van der Waals surface area contributed by atoms with Gasteiger partial charge in [0, 0.05) is 44.2 Å². The third-order valence-corrected chi connectivity index (χ3v) is 9.18. The molecule has 0 radical (unpaired) electrons. The lowest BCUT2D eigenvalue weighted by Crippen LogP contribution is -2.60. The Hall–Kier alpha value is -2.99. The van der Waals surface area contributed by atoms with Crippen molar-refractivity contribution in [1.29, 1.82) is 0 Å². The maximum Gasteiger partial charge on any atom is 0.243 e. The summed E-state index contributed by atoms with van der Waals surface area (Å²) in [6.45, 7) is 2.34. The number of nitrogens with zero attached hydrogens (tertiary/aromatic N) is 2. The molecular formula is C28H35ClN4O6S. The molecule has 0 spiro atoms. The number of halogens is 1. The first kappa shape index (κ1) is 30.0. The molecule has 216 valence electrons. The van der Waals surface area contributed by atoms with Crippen LogP contribution in [0, 0.1) is 5.92 Å². The van der Waals surface area contributed by atoms with E-state index in [1.165, 1.54) is 4.90 Å². The van der Waals surface area contributed by atoms with Crippen LogP contribution in [-0.4, -0.2) is 80.6 Å². The molecule has 2 aromatic carbocycles. The number of carbonyl (C=O) groups excluding carboxylic acids is 3. The molecule has 0 aromatic heterocycles. The highest BCUT2D eigenvalue weighted by Gasteiger charge is 2.42. The third kappa shape index (κ3) is 7.81. The average Bonchev–Trinajstić information content (AvgIpc) is 2.91. The van der Waals surface area contributed by atoms with Gasteiger partial charge >= 0.3 is 0 Å². The quantitative estimate of drug-likeness (QED) is 0.404. The highest BCUT2D eigenvalue weighted by molar-refractivity contribution is 7.90. The van der Waals surface area contributed by atoms with Crippen molar-refractivity contribution in [1.82, 2.24) is 15.1 Å². The van der Waals surface area contributed by atoms with E-state index in [0.29, 0.717) is 49.9 Å². The Kier molecular flexibility index (Phi) is 10.2. The van der Waals surface area contributed by atoms with Crippen molar-refractivity contribution in [3.63, 3.8) is 0 Å². The van der Waals surface area contributed by atoms with Gasteiger partial charge in [-0.25, -0.2) is 8.42 Å². The van der Waals surface area contributed by atoms with Crippen LogP contribution in [0.5, 0.6) is 0 Å². The summed E-state index contributed by atoms with van der Waals surface area (Å²) in [6.07, 6.45) is 0.192. The molecule has 2 saturated heterocycles. The second-order valence-corrected chi connectivity index (χ2v) is 12.7. The summed E-state index contributed by atoms with van der Waals surface area (Å²) in [4.78, 5) is 42.7. The smallest absolute Gasteiger partial charge is 0.243 e. The summed E-state index contributed by atoms with van der Waals surface area (Å²) < 4.78 is 31.6. The van der Waals surface area contributed by atoms with E-state index in [1.54, 1.807) is 53.4 Å². The van der Waals surface area contributed by atoms with Crippen LogP contribution in [-0.2, 0) is 47.8 Å². The van der Waals surface area contributed by atoms with Crippen molar-refractivity contribution >= 4 is 39.2 Å². The summed E-state index contributed by atoms with van der Waals surface area (Å²) in [5.41, 5.74) is 8.02. The Morgan fingerprint density at radius 1 is 1.05 bits per heavy atom. The Balaban J connectivity index is 1.45. The van der Waals surface area contributed by atoms with E-state index < -0.39 is 33.5 Å². The predicted octanol–water partition coefficient (Wildman–Crippen LogP) is 1.50. The number of morpholine rings is 1. The highest BCUT2D eigenvalue weighted by Crippen LogP contribution is 2.25. The Morgan fingerprint density at radius 3 is 2.42 bits per heavy atom. The van der Waals surface area contributed by atoms with Crippen molar-refractivity contribution in [2.75, 3.05) is 38.6 Å². The fraction of sp³-hybridized carbons (Fsp3) is 0.464. The first-order valence-corrected chi connectivity index (χ1v) is 15.5. The van der Waals surface area contributed by atoms with E-state index in [0.717, 1.165) is 11.1 Å². The maximum atomic E-state index is 13.7. The molecule has 2 aromatic rings. The van der Waals surface area contributed by atoms with Crippen LogP contribution >= 0.6 is 11.6 Å². The SMILES string of the molecule is NCc1ccc(Cl)cc1CNC(=O)[C@@H]1CCN1C(=O)[C@@H](CC(=O)N1CCOCC1)CS(=O)(=O)Cc1ccccc1. The zero-order valence-corrected chi connectivity index (χ0v) is 23.8. The number of benzene rings is 2. The number of nitrogens with two attached hydrogens (primary N) is 1. The first-order valence-electron chi connectivity index (χ1n) is 13.3. The molecule has 0 saturated carbocycles. The molecule has 10 nitrogen and oxygen atoms in total. The number of rotatable bonds is 11. The maximum absolute atomic E-state index is 13.7. The molecule has 40 heavy (non-hydrogen) atoms. The summed E-state index contributed by atoms with van der Waals surface area (Å²) in [5.74, 6) is -2.98. The fourth-order valence-corrected chi connectivity index (χ4v) is 6.87. The molecule has 4 rings (SSSR count). The van der Waals surface area contributed by atoms with E-state index in [-0.39, 0.29) is 37.1 Å². The minimum atomic E-state index is -3.74. The van der Waals surface area contributed by atoms with Crippen LogP contribution in [0.1, 0.15) is 29.5 Å². The molecule has 3 amide bonds. The van der Waals surface area contributed by atoms with Gasteiger partial charge in [-0.3, -0.25) is 14.4 Å². The molecule has 2 aliphatic rings. The van der Waals surface area contributed by atoms with Gasteiger partial charge in [0.05, 0.1) is 30.6 Å². The largest absolute Gasteiger partial charge is 0.378 e. The van der Waals surface area contributed by atoms with Gasteiger partial charge in [0.15, 0.2) is 9.84 Å². The Bertz CT molecular complexity index is 1320. The third-order valence-electron chi connectivity index (χ3n) is 7.27. The monoisotopic (exact) mass is 590 g/mol. The van der Waals surface area contributed by atoms with E-state index >= 15 is 0 Å². The zero-order valence-electron chi connectivity index (χ0n) is 22.3. The minimum Gasteiger partial charge on any atom is -0.378 e. The van der Waals surface area contributed by atoms with Crippen molar-refractivity contribution in [2.24, 2.45) is 11.7 Å². The van der Waals surface area contributed by atoms with Gasteiger partial charge in [-0.1, -0.05) is 48.0 Å². The number of likely N-dealkylation sites (tertiary alicyclic amines) is 1. The minimum absolute atomic E-state index is 0.189. The number of carbonyl (C=O) groups is 3. The van der Waals surface area contributed by atoms with Gasteiger partial charge < -0.3 is 25.6 Å². The molecule has 2 heterocycles. The molecule has 0 aliphatic carbocycles. The van der Waals surface area contributed by atoms with Gasteiger partial charge in [0.1, 0.15) is 6.04 Å². The van der Waals surface area contributed by atoms with Crippen LogP contribution in [0.2, 0.25) is 5.02 Å². The second-order valence-electron chi connectivity index (χ2n) is 10.1. The second kappa shape index (κ2) is 13.6. The van der Waals surface area contributed by atoms with E-state index in [1.807, 2.05) is 0 Å². The van der Waals surface area contributed by atoms with Gasteiger partial charge in [0.25, 0.3) is 0 Å². The summed E-state index contributed by atoms with van der Waals surface area (Å²) in [6, 6.07) is 13.2. The Labute approximate surface area is 239 Å². The number of hydrogen-bond donors (Lipinski definition) is 2. The molecule has 0 unspecified atom stereocenters. The van der Waals surface area contributed by atoms with E-state index in [2.05, 4.69) is 5.32 Å². The molecule has 2 atom stereocenters. The molecule has 2 fully saturated rings. The van der Waals surface area contributed by atoms with Crippen LogP contribution in [0.4, 0.5) is 0 Å². The lowest BCUT2D eigenvalue weighted by molar-refractivity contribution is -0.152. The molecule has 12 heteroatoms. The summed E-state index contributed by atoms with van der Waals surface area (Å²) in [5, 5.41) is 3.37.